The molecular formula is C18H26ClNO2S. The zero-order valence-electron chi connectivity index (χ0n) is 13.8. The summed E-state index contributed by atoms with van der Waals surface area (Å²) in [5, 5.41) is 13.8. The van der Waals surface area contributed by atoms with Crippen molar-refractivity contribution < 1.29 is 9.90 Å². The Labute approximate surface area is 148 Å². The Hall–Kier alpha value is -0.710. The minimum atomic E-state index is -0.529. The summed E-state index contributed by atoms with van der Waals surface area (Å²) in [6.45, 7) is 4.43. The van der Waals surface area contributed by atoms with Gasteiger partial charge in [-0.25, -0.2) is 0 Å². The van der Waals surface area contributed by atoms with Crippen molar-refractivity contribution in [2.75, 3.05) is 6.54 Å². The fraction of sp³-hybridized carbons (Fsp3) is 0.611. The molecule has 1 aliphatic carbocycles. The van der Waals surface area contributed by atoms with Crippen molar-refractivity contribution in [2.45, 2.75) is 56.1 Å². The van der Waals surface area contributed by atoms with Crippen LogP contribution in [0.1, 0.15) is 45.1 Å². The monoisotopic (exact) mass is 355 g/mol. The first kappa shape index (κ1) is 18.6. The van der Waals surface area contributed by atoms with Crippen LogP contribution in [0, 0.1) is 5.92 Å². The Morgan fingerprint density at radius 1 is 1.35 bits per heavy atom. The summed E-state index contributed by atoms with van der Waals surface area (Å²) >= 11 is 7.75. The van der Waals surface area contributed by atoms with Crippen LogP contribution in [0.3, 0.4) is 0 Å². The number of halogens is 1. The Morgan fingerprint density at radius 3 is 2.74 bits per heavy atom. The van der Waals surface area contributed by atoms with E-state index in [1.54, 1.807) is 11.8 Å². The lowest BCUT2D eigenvalue weighted by Gasteiger charge is -2.29. The smallest absolute Gasteiger partial charge is 0.235 e. The van der Waals surface area contributed by atoms with Gasteiger partial charge in [-0.3, -0.25) is 4.79 Å². The standard InChI is InChI=1S/C18H26ClNO2S/c1-18(2,23-12-14-8-3-5-9-15(14)19)17(22)20-11-13-7-4-6-10-16(13)21/h3,5,8-9,13,16,21H,4,6-7,10-12H2,1-2H3,(H,20,22)/t13-,16+/m1/s1. The molecule has 0 unspecified atom stereocenters. The van der Waals surface area contributed by atoms with Gasteiger partial charge in [0, 0.05) is 23.2 Å². The predicted molar refractivity (Wildman–Crippen MR) is 97.8 cm³/mol. The molecule has 1 fully saturated rings. The number of carbonyl (C=O) groups is 1. The lowest BCUT2D eigenvalue weighted by molar-refractivity contribution is -0.123. The summed E-state index contributed by atoms with van der Waals surface area (Å²) in [6.07, 6.45) is 3.80. The third-order valence-electron chi connectivity index (χ3n) is 4.49. The second-order valence-electron chi connectivity index (χ2n) is 6.71. The number of hydrogen-bond donors (Lipinski definition) is 2. The molecule has 2 N–H and O–H groups in total. The van der Waals surface area contributed by atoms with Crippen molar-refractivity contribution in [2.24, 2.45) is 5.92 Å². The molecule has 1 aliphatic rings. The fourth-order valence-corrected chi connectivity index (χ4v) is 4.06. The van der Waals surface area contributed by atoms with E-state index < -0.39 is 4.75 Å². The van der Waals surface area contributed by atoms with Gasteiger partial charge in [0.1, 0.15) is 0 Å². The molecule has 0 aromatic heterocycles. The number of nitrogens with one attached hydrogen (secondary N) is 1. The quantitative estimate of drug-likeness (QED) is 0.810. The van der Waals surface area contributed by atoms with Crippen molar-refractivity contribution in [3.8, 4) is 0 Å². The first-order chi connectivity index (χ1) is 10.9. The van der Waals surface area contributed by atoms with Crippen LogP contribution in [-0.2, 0) is 10.5 Å². The summed E-state index contributed by atoms with van der Waals surface area (Å²) in [4.78, 5) is 12.5. The van der Waals surface area contributed by atoms with Gasteiger partial charge in [-0.1, -0.05) is 42.6 Å². The molecule has 1 amide bonds. The van der Waals surface area contributed by atoms with Crippen LogP contribution in [0.4, 0.5) is 0 Å². The number of rotatable bonds is 6. The molecular weight excluding hydrogens is 330 g/mol. The van der Waals surface area contributed by atoms with Gasteiger partial charge in [-0.05, 0) is 38.3 Å². The van der Waals surface area contributed by atoms with Gasteiger partial charge in [0.15, 0.2) is 0 Å². The normalized spacial score (nSPS) is 21.9. The summed E-state index contributed by atoms with van der Waals surface area (Å²) in [5.74, 6) is 0.913. The van der Waals surface area contributed by atoms with E-state index in [-0.39, 0.29) is 17.9 Å². The Kier molecular flexibility index (Phi) is 6.81. The van der Waals surface area contributed by atoms with Crippen LogP contribution >= 0.6 is 23.4 Å². The van der Waals surface area contributed by atoms with Gasteiger partial charge in [0.25, 0.3) is 0 Å². The Balaban J connectivity index is 1.83. The van der Waals surface area contributed by atoms with Gasteiger partial charge in [0.05, 0.1) is 10.9 Å². The molecule has 0 bridgehead atoms. The largest absolute Gasteiger partial charge is 0.393 e. The van der Waals surface area contributed by atoms with Crippen LogP contribution < -0.4 is 5.32 Å². The minimum absolute atomic E-state index is 0.0207. The molecule has 1 aromatic carbocycles. The molecule has 5 heteroatoms. The third-order valence-corrected chi connectivity index (χ3v) is 6.22. The fourth-order valence-electron chi connectivity index (χ4n) is 2.80. The van der Waals surface area contributed by atoms with Crippen molar-refractivity contribution in [3.63, 3.8) is 0 Å². The molecule has 23 heavy (non-hydrogen) atoms. The molecule has 3 nitrogen and oxygen atoms in total. The highest BCUT2D eigenvalue weighted by atomic mass is 35.5. The predicted octanol–water partition coefficient (Wildman–Crippen LogP) is 4.02. The van der Waals surface area contributed by atoms with E-state index >= 15 is 0 Å². The third kappa shape index (κ3) is 5.40. The van der Waals surface area contributed by atoms with Crippen LogP contribution in [0.5, 0.6) is 0 Å². The molecule has 1 aromatic rings. The molecule has 0 heterocycles. The number of benzene rings is 1. The maximum Gasteiger partial charge on any atom is 0.235 e. The summed E-state index contributed by atoms with van der Waals surface area (Å²) in [7, 11) is 0. The van der Waals surface area contributed by atoms with E-state index in [1.807, 2.05) is 38.1 Å². The second kappa shape index (κ2) is 8.41. The molecule has 2 rings (SSSR count). The highest BCUT2D eigenvalue weighted by Crippen LogP contribution is 2.31. The summed E-state index contributed by atoms with van der Waals surface area (Å²) in [5.41, 5.74) is 1.04. The molecule has 0 spiro atoms. The van der Waals surface area contributed by atoms with Gasteiger partial charge in [-0.15, -0.1) is 11.8 Å². The molecule has 1 saturated carbocycles. The van der Waals surface area contributed by atoms with Crippen molar-refractivity contribution >= 4 is 29.3 Å². The van der Waals surface area contributed by atoms with E-state index in [0.717, 1.165) is 36.3 Å². The van der Waals surface area contributed by atoms with E-state index in [9.17, 15) is 9.90 Å². The maximum atomic E-state index is 12.5. The molecule has 0 saturated heterocycles. The molecule has 0 aliphatic heterocycles. The highest BCUT2D eigenvalue weighted by molar-refractivity contribution is 8.00. The van der Waals surface area contributed by atoms with E-state index in [2.05, 4.69) is 5.32 Å². The molecule has 2 atom stereocenters. The number of aliphatic hydroxyl groups excluding tert-OH is 1. The lowest BCUT2D eigenvalue weighted by Crippen LogP contribution is -2.44. The summed E-state index contributed by atoms with van der Waals surface area (Å²) < 4.78 is -0.529. The zero-order valence-corrected chi connectivity index (χ0v) is 15.4. The van der Waals surface area contributed by atoms with Crippen LogP contribution in [0.15, 0.2) is 24.3 Å². The molecule has 128 valence electrons. The second-order valence-corrected chi connectivity index (χ2v) is 8.72. The zero-order chi connectivity index (χ0) is 16.9. The van der Waals surface area contributed by atoms with Crippen LogP contribution in [0.25, 0.3) is 0 Å². The topological polar surface area (TPSA) is 49.3 Å². The van der Waals surface area contributed by atoms with E-state index in [0.29, 0.717) is 12.3 Å². The van der Waals surface area contributed by atoms with Crippen molar-refractivity contribution in [3.05, 3.63) is 34.9 Å². The number of thioether (sulfide) groups is 1. The average Bonchev–Trinajstić information content (AvgIpc) is 2.53. The van der Waals surface area contributed by atoms with Crippen molar-refractivity contribution in [1.29, 1.82) is 0 Å². The first-order valence-electron chi connectivity index (χ1n) is 8.24. The number of hydrogen-bond acceptors (Lipinski definition) is 3. The Bertz CT molecular complexity index is 536. The van der Waals surface area contributed by atoms with Gasteiger partial charge < -0.3 is 10.4 Å². The SMILES string of the molecule is CC(C)(SCc1ccccc1Cl)C(=O)NC[C@H]1CCCC[C@@H]1O. The van der Waals surface area contributed by atoms with E-state index in [4.69, 9.17) is 11.6 Å². The average molecular weight is 356 g/mol. The summed E-state index contributed by atoms with van der Waals surface area (Å²) in [6, 6.07) is 7.72. The molecule has 0 radical (unpaired) electrons. The number of aliphatic hydroxyl groups is 1. The van der Waals surface area contributed by atoms with Gasteiger partial charge in [-0.2, -0.15) is 0 Å². The van der Waals surface area contributed by atoms with Crippen LogP contribution in [-0.4, -0.2) is 28.4 Å². The lowest BCUT2D eigenvalue weighted by atomic mass is 9.86. The van der Waals surface area contributed by atoms with Gasteiger partial charge >= 0.3 is 0 Å². The minimum Gasteiger partial charge on any atom is -0.393 e. The number of carbonyl (C=O) groups excluding carboxylic acids is 1. The first-order valence-corrected chi connectivity index (χ1v) is 9.60. The van der Waals surface area contributed by atoms with Gasteiger partial charge in [0.2, 0.25) is 5.91 Å². The maximum absolute atomic E-state index is 12.5. The highest BCUT2D eigenvalue weighted by Gasteiger charge is 2.30. The van der Waals surface area contributed by atoms with E-state index in [1.165, 1.54) is 0 Å². The van der Waals surface area contributed by atoms with Crippen LogP contribution in [0.2, 0.25) is 5.02 Å². The number of amides is 1. The van der Waals surface area contributed by atoms with Crippen molar-refractivity contribution in [1.82, 2.24) is 5.32 Å². The Morgan fingerprint density at radius 2 is 2.04 bits per heavy atom.